The van der Waals surface area contributed by atoms with Crippen molar-refractivity contribution in [3.63, 3.8) is 0 Å². The van der Waals surface area contributed by atoms with Crippen molar-refractivity contribution < 1.29 is 4.74 Å². The van der Waals surface area contributed by atoms with Gasteiger partial charge in [-0.05, 0) is 11.1 Å². The van der Waals surface area contributed by atoms with Crippen LogP contribution in [0, 0.1) is 0 Å². The first kappa shape index (κ1) is 13.9. The average Bonchev–Trinajstić information content (AvgIpc) is 3.05. The van der Waals surface area contributed by atoms with Crippen LogP contribution in [0.2, 0.25) is 0 Å². The van der Waals surface area contributed by atoms with Crippen molar-refractivity contribution in [2.45, 2.75) is 6.61 Å². The van der Waals surface area contributed by atoms with Crippen molar-refractivity contribution >= 4 is 21.6 Å². The summed E-state index contributed by atoms with van der Waals surface area (Å²) in [5, 5.41) is 3.18. The number of rotatable bonds is 4. The molecule has 0 bridgehead atoms. The molecule has 4 heteroatoms. The van der Waals surface area contributed by atoms with E-state index in [1.165, 1.54) is 11.1 Å². The quantitative estimate of drug-likeness (QED) is 0.535. The predicted molar refractivity (Wildman–Crippen MR) is 93.6 cm³/mol. The molecule has 23 heavy (non-hydrogen) atoms. The Kier molecular flexibility index (Phi) is 3.74. The van der Waals surface area contributed by atoms with Crippen molar-refractivity contribution in [2.24, 2.45) is 0 Å². The van der Waals surface area contributed by atoms with E-state index in [1.54, 1.807) is 11.3 Å². The summed E-state index contributed by atoms with van der Waals surface area (Å²) in [7, 11) is 0. The van der Waals surface area contributed by atoms with E-state index in [0.717, 1.165) is 15.8 Å². The third kappa shape index (κ3) is 2.94. The van der Waals surface area contributed by atoms with Crippen LogP contribution in [0.1, 0.15) is 5.56 Å². The normalized spacial score (nSPS) is 10.8. The molecule has 3 nitrogen and oxygen atoms in total. The first-order valence-electron chi connectivity index (χ1n) is 7.36. The SMILES string of the molecule is c1ccc(COc2ncc3c(-c4ccccc4)csc3n2)cc1. The number of ether oxygens (including phenoxy) is 1. The summed E-state index contributed by atoms with van der Waals surface area (Å²) in [4.78, 5) is 9.82. The third-order valence-corrected chi connectivity index (χ3v) is 4.49. The minimum Gasteiger partial charge on any atom is -0.459 e. The lowest BCUT2D eigenvalue weighted by atomic mass is 10.1. The molecule has 0 radical (unpaired) electrons. The van der Waals surface area contributed by atoms with E-state index in [-0.39, 0.29) is 0 Å². The van der Waals surface area contributed by atoms with Crippen LogP contribution in [0.25, 0.3) is 21.3 Å². The number of benzene rings is 2. The lowest BCUT2D eigenvalue weighted by molar-refractivity contribution is 0.282. The Morgan fingerprint density at radius 2 is 1.65 bits per heavy atom. The van der Waals surface area contributed by atoms with E-state index in [9.17, 15) is 0 Å². The van der Waals surface area contributed by atoms with Gasteiger partial charge in [0, 0.05) is 22.5 Å². The molecule has 0 fully saturated rings. The second kappa shape index (κ2) is 6.18. The zero-order chi connectivity index (χ0) is 15.5. The molecule has 112 valence electrons. The van der Waals surface area contributed by atoms with Gasteiger partial charge in [0.05, 0.1) is 0 Å². The lowest BCUT2D eigenvalue weighted by Crippen LogP contribution is -1.98. The first-order valence-corrected chi connectivity index (χ1v) is 8.24. The van der Waals surface area contributed by atoms with Gasteiger partial charge in [-0.3, -0.25) is 0 Å². The van der Waals surface area contributed by atoms with Crippen molar-refractivity contribution in [1.29, 1.82) is 0 Å². The van der Waals surface area contributed by atoms with E-state index >= 15 is 0 Å². The van der Waals surface area contributed by atoms with E-state index in [4.69, 9.17) is 4.74 Å². The smallest absolute Gasteiger partial charge is 0.318 e. The van der Waals surface area contributed by atoms with Crippen LogP contribution < -0.4 is 4.74 Å². The van der Waals surface area contributed by atoms with Gasteiger partial charge >= 0.3 is 6.01 Å². The molecule has 4 rings (SSSR count). The highest BCUT2D eigenvalue weighted by Crippen LogP contribution is 2.33. The Morgan fingerprint density at radius 1 is 0.913 bits per heavy atom. The molecular weight excluding hydrogens is 304 g/mol. The van der Waals surface area contributed by atoms with E-state index in [2.05, 4.69) is 27.5 Å². The second-order valence-electron chi connectivity index (χ2n) is 5.16. The number of nitrogens with zero attached hydrogens (tertiary/aromatic N) is 2. The zero-order valence-electron chi connectivity index (χ0n) is 12.3. The number of hydrogen-bond donors (Lipinski definition) is 0. The maximum Gasteiger partial charge on any atom is 0.318 e. The van der Waals surface area contributed by atoms with Crippen molar-refractivity contribution in [1.82, 2.24) is 9.97 Å². The molecule has 2 heterocycles. The predicted octanol–water partition coefficient (Wildman–Crippen LogP) is 4.94. The Morgan fingerprint density at radius 3 is 2.43 bits per heavy atom. The lowest BCUT2D eigenvalue weighted by Gasteiger charge is -2.04. The van der Waals surface area contributed by atoms with Crippen LogP contribution in [0.15, 0.2) is 72.2 Å². The Hall–Kier alpha value is -2.72. The van der Waals surface area contributed by atoms with Gasteiger partial charge in [0.15, 0.2) is 0 Å². The molecule has 0 saturated carbocycles. The van der Waals surface area contributed by atoms with E-state index in [1.807, 2.05) is 54.7 Å². The van der Waals surface area contributed by atoms with Crippen molar-refractivity contribution in [2.75, 3.05) is 0 Å². The molecule has 0 aliphatic heterocycles. The minimum absolute atomic E-state index is 0.419. The van der Waals surface area contributed by atoms with Crippen LogP contribution in [0.3, 0.4) is 0 Å². The largest absolute Gasteiger partial charge is 0.459 e. The Balaban J connectivity index is 1.60. The van der Waals surface area contributed by atoms with Gasteiger partial charge in [0.25, 0.3) is 0 Å². The maximum atomic E-state index is 5.70. The minimum atomic E-state index is 0.419. The molecule has 0 aliphatic rings. The fourth-order valence-electron chi connectivity index (χ4n) is 2.44. The summed E-state index contributed by atoms with van der Waals surface area (Å²) < 4.78 is 5.70. The highest BCUT2D eigenvalue weighted by molar-refractivity contribution is 7.17. The third-order valence-electron chi connectivity index (χ3n) is 3.61. The fraction of sp³-hybridized carbons (Fsp3) is 0.0526. The van der Waals surface area contributed by atoms with Crippen LogP contribution in [-0.4, -0.2) is 9.97 Å². The van der Waals surface area contributed by atoms with Crippen LogP contribution >= 0.6 is 11.3 Å². The van der Waals surface area contributed by atoms with Gasteiger partial charge in [0.1, 0.15) is 11.4 Å². The molecule has 0 atom stereocenters. The van der Waals surface area contributed by atoms with E-state index < -0.39 is 0 Å². The molecule has 0 amide bonds. The molecule has 0 unspecified atom stereocenters. The average molecular weight is 318 g/mol. The van der Waals surface area contributed by atoms with Crippen molar-refractivity contribution in [3.05, 3.63) is 77.8 Å². The maximum absolute atomic E-state index is 5.70. The first-order chi connectivity index (χ1) is 11.4. The number of hydrogen-bond acceptors (Lipinski definition) is 4. The van der Waals surface area contributed by atoms with E-state index in [0.29, 0.717) is 12.6 Å². The summed E-state index contributed by atoms with van der Waals surface area (Å²) in [6.45, 7) is 0.475. The molecule has 0 N–H and O–H groups in total. The number of thiophene rings is 1. The molecule has 0 aliphatic carbocycles. The number of aromatic nitrogens is 2. The Labute approximate surface area is 138 Å². The van der Waals surface area contributed by atoms with Gasteiger partial charge in [-0.25, -0.2) is 4.98 Å². The summed E-state index contributed by atoms with van der Waals surface area (Å²) in [5.41, 5.74) is 3.45. The summed E-state index contributed by atoms with van der Waals surface area (Å²) >= 11 is 1.61. The van der Waals surface area contributed by atoms with Crippen LogP contribution in [-0.2, 0) is 6.61 Å². The van der Waals surface area contributed by atoms with Gasteiger partial charge in [-0.15, -0.1) is 11.3 Å². The summed E-state index contributed by atoms with van der Waals surface area (Å²) in [5.74, 6) is 0. The monoisotopic (exact) mass is 318 g/mol. The highest BCUT2D eigenvalue weighted by atomic mass is 32.1. The standard InChI is InChI=1S/C19H14N2OS/c1-3-7-14(8-4-1)12-22-19-20-11-16-17(13-23-18(16)21-19)15-9-5-2-6-10-15/h1-11,13H,12H2. The highest BCUT2D eigenvalue weighted by Gasteiger charge is 2.09. The second-order valence-corrected chi connectivity index (χ2v) is 6.02. The Bertz CT molecular complexity index is 920. The van der Waals surface area contributed by atoms with Gasteiger partial charge in [-0.1, -0.05) is 60.7 Å². The van der Waals surface area contributed by atoms with Gasteiger partial charge < -0.3 is 4.74 Å². The van der Waals surface area contributed by atoms with Crippen molar-refractivity contribution in [3.8, 4) is 17.1 Å². The van der Waals surface area contributed by atoms with Gasteiger partial charge in [0.2, 0.25) is 0 Å². The number of fused-ring (bicyclic) bond motifs is 1. The topological polar surface area (TPSA) is 35.0 Å². The molecule has 2 aromatic heterocycles. The molecule has 4 aromatic rings. The summed E-state index contributed by atoms with van der Waals surface area (Å²) in [6, 6.07) is 20.7. The fourth-order valence-corrected chi connectivity index (χ4v) is 3.35. The summed E-state index contributed by atoms with van der Waals surface area (Å²) in [6.07, 6.45) is 1.85. The molecule has 0 spiro atoms. The molecular formula is C19H14N2OS. The zero-order valence-corrected chi connectivity index (χ0v) is 13.2. The molecule has 2 aromatic carbocycles. The van der Waals surface area contributed by atoms with Crippen LogP contribution in [0.5, 0.6) is 6.01 Å². The van der Waals surface area contributed by atoms with Gasteiger partial charge in [-0.2, -0.15) is 4.98 Å². The van der Waals surface area contributed by atoms with Crippen LogP contribution in [0.4, 0.5) is 0 Å². The molecule has 0 saturated heterocycles.